The number of aryl methyl sites for hydroxylation is 5. The monoisotopic (exact) mass is 322 g/mol. The molecule has 126 valence electrons. The van der Waals surface area contributed by atoms with Gasteiger partial charge in [-0.25, -0.2) is 15.0 Å². The molecule has 3 rings (SSSR count). The highest BCUT2D eigenvalue weighted by molar-refractivity contribution is 5.89. The second-order valence-electron chi connectivity index (χ2n) is 6.55. The molecule has 0 spiro atoms. The van der Waals surface area contributed by atoms with Crippen molar-refractivity contribution in [1.82, 2.24) is 19.5 Å². The first kappa shape index (κ1) is 16.6. The molecule has 1 aromatic carbocycles. The standard InChI is InChI=1S/C20H26N4/c1-6-8-9-24-16(7-2)23-19-18(21-12-22-20(19)24)17-14(4)10-13(3)11-15(17)5/h10-12H,6-9H2,1-5H3. The lowest BCUT2D eigenvalue weighted by Gasteiger charge is -2.11. The Morgan fingerprint density at radius 2 is 1.71 bits per heavy atom. The maximum Gasteiger partial charge on any atom is 0.164 e. The van der Waals surface area contributed by atoms with E-state index >= 15 is 0 Å². The van der Waals surface area contributed by atoms with Crippen molar-refractivity contribution in [2.45, 2.75) is 60.4 Å². The zero-order chi connectivity index (χ0) is 17.3. The Morgan fingerprint density at radius 3 is 2.33 bits per heavy atom. The third kappa shape index (κ3) is 2.81. The number of unbranched alkanes of at least 4 members (excludes halogenated alkanes) is 1. The van der Waals surface area contributed by atoms with Gasteiger partial charge in [-0.1, -0.05) is 38.0 Å². The number of imidazole rings is 1. The first-order valence-electron chi connectivity index (χ1n) is 8.85. The van der Waals surface area contributed by atoms with Gasteiger partial charge in [-0.05, 0) is 38.3 Å². The van der Waals surface area contributed by atoms with Crippen molar-refractivity contribution in [3.05, 3.63) is 41.0 Å². The summed E-state index contributed by atoms with van der Waals surface area (Å²) in [5.41, 5.74) is 7.81. The fourth-order valence-electron chi connectivity index (χ4n) is 3.54. The number of aromatic nitrogens is 4. The molecule has 0 saturated carbocycles. The van der Waals surface area contributed by atoms with Crippen molar-refractivity contribution < 1.29 is 0 Å². The van der Waals surface area contributed by atoms with E-state index in [-0.39, 0.29) is 0 Å². The van der Waals surface area contributed by atoms with Crippen LogP contribution >= 0.6 is 0 Å². The van der Waals surface area contributed by atoms with Crippen LogP contribution in [0.25, 0.3) is 22.4 Å². The van der Waals surface area contributed by atoms with Gasteiger partial charge in [0.2, 0.25) is 0 Å². The van der Waals surface area contributed by atoms with E-state index in [0.29, 0.717) is 0 Å². The topological polar surface area (TPSA) is 43.6 Å². The average molecular weight is 322 g/mol. The van der Waals surface area contributed by atoms with E-state index in [1.807, 2.05) is 0 Å². The smallest absolute Gasteiger partial charge is 0.164 e. The van der Waals surface area contributed by atoms with Gasteiger partial charge < -0.3 is 4.57 Å². The van der Waals surface area contributed by atoms with E-state index in [0.717, 1.165) is 48.5 Å². The number of benzene rings is 1. The molecule has 24 heavy (non-hydrogen) atoms. The number of fused-ring (bicyclic) bond motifs is 1. The predicted octanol–water partition coefficient (Wildman–Crippen LogP) is 4.78. The summed E-state index contributed by atoms with van der Waals surface area (Å²) in [7, 11) is 0. The Balaban J connectivity index is 2.26. The zero-order valence-corrected chi connectivity index (χ0v) is 15.3. The van der Waals surface area contributed by atoms with Crippen LogP contribution in [0.4, 0.5) is 0 Å². The molecule has 2 aromatic heterocycles. The molecule has 0 aliphatic rings. The first-order chi connectivity index (χ1) is 11.6. The molecule has 0 N–H and O–H groups in total. The third-order valence-electron chi connectivity index (χ3n) is 4.58. The molecule has 0 aliphatic heterocycles. The summed E-state index contributed by atoms with van der Waals surface area (Å²) in [4.78, 5) is 14.1. The van der Waals surface area contributed by atoms with Crippen LogP contribution in [0.5, 0.6) is 0 Å². The molecular weight excluding hydrogens is 296 g/mol. The lowest BCUT2D eigenvalue weighted by atomic mass is 9.97. The summed E-state index contributed by atoms with van der Waals surface area (Å²) in [6.45, 7) is 11.8. The third-order valence-corrected chi connectivity index (χ3v) is 4.58. The molecule has 2 heterocycles. The molecule has 0 atom stereocenters. The molecule has 4 nitrogen and oxygen atoms in total. The Morgan fingerprint density at radius 1 is 1.00 bits per heavy atom. The molecule has 0 unspecified atom stereocenters. The van der Waals surface area contributed by atoms with Gasteiger partial charge in [0.25, 0.3) is 0 Å². The molecule has 0 amide bonds. The molecule has 0 radical (unpaired) electrons. The fourth-order valence-corrected chi connectivity index (χ4v) is 3.54. The Labute approximate surface area is 144 Å². The van der Waals surface area contributed by atoms with E-state index in [1.165, 1.54) is 22.3 Å². The van der Waals surface area contributed by atoms with Gasteiger partial charge in [-0.2, -0.15) is 0 Å². The van der Waals surface area contributed by atoms with Gasteiger partial charge in [0.15, 0.2) is 5.65 Å². The van der Waals surface area contributed by atoms with Crippen molar-refractivity contribution in [2.24, 2.45) is 0 Å². The number of hydrogen-bond acceptors (Lipinski definition) is 3. The van der Waals surface area contributed by atoms with Crippen molar-refractivity contribution >= 4 is 11.2 Å². The van der Waals surface area contributed by atoms with Crippen LogP contribution in [0.3, 0.4) is 0 Å². The molecule has 0 aliphatic carbocycles. The Kier molecular flexibility index (Phi) is 4.65. The normalized spacial score (nSPS) is 11.4. The second kappa shape index (κ2) is 6.71. The molecule has 0 saturated heterocycles. The summed E-state index contributed by atoms with van der Waals surface area (Å²) < 4.78 is 2.27. The summed E-state index contributed by atoms with van der Waals surface area (Å²) in [5.74, 6) is 1.10. The van der Waals surface area contributed by atoms with Gasteiger partial charge >= 0.3 is 0 Å². The van der Waals surface area contributed by atoms with Crippen LogP contribution < -0.4 is 0 Å². The van der Waals surface area contributed by atoms with E-state index < -0.39 is 0 Å². The molecule has 0 bridgehead atoms. The van der Waals surface area contributed by atoms with E-state index in [4.69, 9.17) is 4.98 Å². The van der Waals surface area contributed by atoms with Crippen LogP contribution in [-0.4, -0.2) is 19.5 Å². The van der Waals surface area contributed by atoms with Crippen LogP contribution in [0.15, 0.2) is 18.5 Å². The highest BCUT2D eigenvalue weighted by atomic mass is 15.1. The minimum Gasteiger partial charge on any atom is -0.313 e. The first-order valence-corrected chi connectivity index (χ1v) is 8.85. The van der Waals surface area contributed by atoms with Crippen molar-refractivity contribution in [3.8, 4) is 11.3 Å². The molecular formula is C20H26N4. The summed E-state index contributed by atoms with van der Waals surface area (Å²) in [6.07, 6.45) is 4.89. The lowest BCUT2D eigenvalue weighted by Crippen LogP contribution is -2.04. The molecule has 4 heteroatoms. The van der Waals surface area contributed by atoms with E-state index in [1.54, 1.807) is 6.33 Å². The van der Waals surface area contributed by atoms with Gasteiger partial charge in [0, 0.05) is 18.5 Å². The number of hydrogen-bond donors (Lipinski definition) is 0. The quantitative estimate of drug-likeness (QED) is 0.679. The average Bonchev–Trinajstić information content (AvgIpc) is 2.90. The largest absolute Gasteiger partial charge is 0.313 e. The lowest BCUT2D eigenvalue weighted by molar-refractivity contribution is 0.616. The van der Waals surface area contributed by atoms with Crippen molar-refractivity contribution in [3.63, 3.8) is 0 Å². The van der Waals surface area contributed by atoms with Gasteiger partial charge in [0.1, 0.15) is 23.4 Å². The van der Waals surface area contributed by atoms with Gasteiger partial charge in [-0.3, -0.25) is 0 Å². The van der Waals surface area contributed by atoms with Gasteiger partial charge in [0.05, 0.1) is 0 Å². The highest BCUT2D eigenvalue weighted by Gasteiger charge is 2.18. The maximum absolute atomic E-state index is 4.90. The number of nitrogens with zero attached hydrogens (tertiary/aromatic N) is 4. The zero-order valence-electron chi connectivity index (χ0n) is 15.3. The van der Waals surface area contributed by atoms with Crippen LogP contribution in [0.2, 0.25) is 0 Å². The molecule has 3 aromatic rings. The van der Waals surface area contributed by atoms with Gasteiger partial charge in [-0.15, -0.1) is 0 Å². The summed E-state index contributed by atoms with van der Waals surface area (Å²) in [6, 6.07) is 4.43. The molecule has 0 fully saturated rings. The van der Waals surface area contributed by atoms with Crippen molar-refractivity contribution in [1.29, 1.82) is 0 Å². The summed E-state index contributed by atoms with van der Waals surface area (Å²) >= 11 is 0. The van der Waals surface area contributed by atoms with E-state index in [9.17, 15) is 0 Å². The van der Waals surface area contributed by atoms with Crippen LogP contribution in [0, 0.1) is 20.8 Å². The minimum absolute atomic E-state index is 0.908. The van der Waals surface area contributed by atoms with E-state index in [2.05, 4.69) is 61.3 Å². The fraction of sp³-hybridized carbons (Fsp3) is 0.450. The maximum atomic E-state index is 4.90. The Bertz CT molecular complexity index is 854. The SMILES string of the molecule is CCCCn1c(CC)nc2c(-c3c(C)cc(C)cc3C)ncnc21. The van der Waals surface area contributed by atoms with Crippen LogP contribution in [0.1, 0.15) is 49.2 Å². The minimum atomic E-state index is 0.908. The predicted molar refractivity (Wildman–Crippen MR) is 99.3 cm³/mol. The van der Waals surface area contributed by atoms with Crippen LogP contribution in [-0.2, 0) is 13.0 Å². The highest BCUT2D eigenvalue weighted by Crippen LogP contribution is 2.31. The van der Waals surface area contributed by atoms with Crippen molar-refractivity contribution in [2.75, 3.05) is 0 Å². The summed E-state index contributed by atoms with van der Waals surface area (Å²) in [5, 5.41) is 0. The second-order valence-corrected chi connectivity index (χ2v) is 6.55. The number of rotatable bonds is 5. The Hall–Kier alpha value is -2.23.